The Balaban J connectivity index is 2.05. The molecule has 0 amide bonds. The fourth-order valence-corrected chi connectivity index (χ4v) is 2.25. The first-order chi connectivity index (χ1) is 7.58. The van der Waals surface area contributed by atoms with E-state index in [4.69, 9.17) is 0 Å². The number of thiazole rings is 1. The monoisotopic (exact) mass is 236 g/mol. The molecule has 16 heavy (non-hydrogen) atoms. The number of aromatic nitrogens is 3. The van der Waals surface area contributed by atoms with Gasteiger partial charge in [0.05, 0.1) is 11.9 Å². The van der Waals surface area contributed by atoms with E-state index in [1.165, 1.54) is 16.1 Å². The molecule has 0 aliphatic rings. The predicted octanol–water partition coefficient (Wildman–Crippen LogP) is 2.41. The summed E-state index contributed by atoms with van der Waals surface area (Å²) in [6.45, 7) is 6.98. The van der Waals surface area contributed by atoms with Gasteiger partial charge in [-0.3, -0.25) is 4.68 Å². The normalized spacial score (nSPS) is 10.8. The summed E-state index contributed by atoms with van der Waals surface area (Å²) in [4.78, 5) is 5.71. The highest BCUT2D eigenvalue weighted by Gasteiger charge is 2.06. The summed E-state index contributed by atoms with van der Waals surface area (Å²) in [5.74, 6) is 0. The number of nitrogens with one attached hydrogen (secondary N) is 1. The van der Waals surface area contributed by atoms with Crippen LogP contribution in [0.2, 0.25) is 0 Å². The smallest absolute Gasteiger partial charge is 0.183 e. The Morgan fingerprint density at radius 1 is 1.38 bits per heavy atom. The fraction of sp³-hybridized carbons (Fsp3) is 0.455. The Bertz CT molecular complexity index is 479. The third-order valence-corrected chi connectivity index (χ3v) is 3.83. The van der Waals surface area contributed by atoms with Gasteiger partial charge in [-0.2, -0.15) is 5.10 Å². The maximum Gasteiger partial charge on any atom is 0.183 e. The summed E-state index contributed by atoms with van der Waals surface area (Å²) in [5.41, 5.74) is 3.51. The Morgan fingerprint density at radius 3 is 2.62 bits per heavy atom. The minimum Gasteiger partial charge on any atom is -0.357 e. The van der Waals surface area contributed by atoms with Crippen LogP contribution in [-0.2, 0) is 13.6 Å². The van der Waals surface area contributed by atoms with Gasteiger partial charge in [0.25, 0.3) is 0 Å². The van der Waals surface area contributed by atoms with Crippen LogP contribution in [-0.4, -0.2) is 14.8 Å². The number of hydrogen-bond acceptors (Lipinski definition) is 4. The second-order valence-corrected chi connectivity index (χ2v) is 5.10. The molecule has 0 bridgehead atoms. The number of hydrogen-bond donors (Lipinski definition) is 1. The van der Waals surface area contributed by atoms with Gasteiger partial charge >= 0.3 is 0 Å². The van der Waals surface area contributed by atoms with Gasteiger partial charge in [-0.1, -0.05) is 0 Å². The van der Waals surface area contributed by atoms with Crippen LogP contribution in [0.1, 0.15) is 21.8 Å². The van der Waals surface area contributed by atoms with Crippen molar-refractivity contribution < 1.29 is 0 Å². The third-order valence-electron chi connectivity index (χ3n) is 2.80. The minimum atomic E-state index is 0.784. The molecule has 2 aromatic heterocycles. The molecule has 2 aromatic rings. The topological polar surface area (TPSA) is 42.7 Å². The van der Waals surface area contributed by atoms with Gasteiger partial charge in [0.2, 0.25) is 0 Å². The SMILES string of the molecule is Cc1nc(NCc2cnn(C)c2C)sc1C. The van der Waals surface area contributed by atoms with Crippen LogP contribution in [0.15, 0.2) is 6.20 Å². The number of rotatable bonds is 3. The fourth-order valence-electron chi connectivity index (χ4n) is 1.44. The van der Waals surface area contributed by atoms with Gasteiger partial charge in [-0.15, -0.1) is 11.3 Å². The molecule has 0 atom stereocenters. The van der Waals surface area contributed by atoms with E-state index in [0.29, 0.717) is 0 Å². The lowest BCUT2D eigenvalue weighted by Crippen LogP contribution is -2.01. The van der Waals surface area contributed by atoms with Gasteiger partial charge in [0.1, 0.15) is 0 Å². The molecule has 2 rings (SSSR count). The highest BCUT2D eigenvalue weighted by atomic mass is 32.1. The first-order valence-electron chi connectivity index (χ1n) is 5.23. The van der Waals surface area contributed by atoms with Crippen molar-refractivity contribution in [3.8, 4) is 0 Å². The molecule has 0 saturated carbocycles. The lowest BCUT2D eigenvalue weighted by atomic mass is 10.2. The first kappa shape index (κ1) is 11.1. The van der Waals surface area contributed by atoms with E-state index in [1.54, 1.807) is 11.3 Å². The summed E-state index contributed by atoms with van der Waals surface area (Å²) in [5, 5.41) is 8.53. The highest BCUT2D eigenvalue weighted by Crippen LogP contribution is 2.21. The quantitative estimate of drug-likeness (QED) is 0.890. The zero-order valence-electron chi connectivity index (χ0n) is 10.0. The average Bonchev–Trinajstić information content (AvgIpc) is 2.72. The van der Waals surface area contributed by atoms with Crippen molar-refractivity contribution in [1.29, 1.82) is 0 Å². The Morgan fingerprint density at radius 2 is 2.12 bits per heavy atom. The predicted molar refractivity (Wildman–Crippen MR) is 66.9 cm³/mol. The van der Waals surface area contributed by atoms with Crippen molar-refractivity contribution in [2.45, 2.75) is 27.3 Å². The van der Waals surface area contributed by atoms with Crippen molar-refractivity contribution in [2.75, 3.05) is 5.32 Å². The molecule has 0 aliphatic heterocycles. The minimum absolute atomic E-state index is 0.784. The molecule has 4 nitrogen and oxygen atoms in total. The second kappa shape index (κ2) is 4.25. The van der Waals surface area contributed by atoms with Crippen LogP contribution in [0.4, 0.5) is 5.13 Å². The number of aryl methyl sites for hydroxylation is 3. The molecule has 0 fully saturated rings. The molecule has 1 N–H and O–H groups in total. The number of anilines is 1. The molecule has 0 aliphatic carbocycles. The zero-order valence-corrected chi connectivity index (χ0v) is 10.9. The van der Waals surface area contributed by atoms with Crippen LogP contribution in [0.25, 0.3) is 0 Å². The van der Waals surface area contributed by atoms with E-state index in [2.05, 4.69) is 29.2 Å². The summed E-state index contributed by atoms with van der Waals surface area (Å²) in [6, 6.07) is 0. The van der Waals surface area contributed by atoms with E-state index in [1.807, 2.05) is 24.9 Å². The van der Waals surface area contributed by atoms with E-state index in [-0.39, 0.29) is 0 Å². The van der Waals surface area contributed by atoms with Crippen molar-refractivity contribution in [3.05, 3.63) is 28.0 Å². The molecular formula is C11H16N4S. The molecule has 0 aromatic carbocycles. The lowest BCUT2D eigenvalue weighted by Gasteiger charge is -2.01. The van der Waals surface area contributed by atoms with Gasteiger partial charge in [-0.25, -0.2) is 4.98 Å². The van der Waals surface area contributed by atoms with Gasteiger partial charge in [-0.05, 0) is 20.8 Å². The summed E-state index contributed by atoms with van der Waals surface area (Å²) < 4.78 is 1.88. The molecule has 2 heterocycles. The Labute approximate surface area is 99.3 Å². The molecule has 86 valence electrons. The van der Waals surface area contributed by atoms with Crippen molar-refractivity contribution in [1.82, 2.24) is 14.8 Å². The largest absolute Gasteiger partial charge is 0.357 e. The van der Waals surface area contributed by atoms with Crippen molar-refractivity contribution >= 4 is 16.5 Å². The molecule has 0 saturated heterocycles. The molecule has 0 spiro atoms. The zero-order chi connectivity index (χ0) is 11.7. The Hall–Kier alpha value is -1.36. The van der Waals surface area contributed by atoms with Crippen LogP contribution < -0.4 is 5.32 Å². The van der Waals surface area contributed by atoms with Gasteiger partial charge in [0.15, 0.2) is 5.13 Å². The molecule has 5 heteroatoms. The highest BCUT2D eigenvalue weighted by molar-refractivity contribution is 7.15. The van der Waals surface area contributed by atoms with Crippen LogP contribution in [0, 0.1) is 20.8 Å². The van der Waals surface area contributed by atoms with Crippen molar-refractivity contribution in [2.24, 2.45) is 7.05 Å². The van der Waals surface area contributed by atoms with Crippen molar-refractivity contribution in [3.63, 3.8) is 0 Å². The standard InChI is InChI=1S/C11H16N4S/c1-7-9(3)16-11(14-7)12-5-10-6-13-15(4)8(10)2/h6H,5H2,1-4H3,(H,12,14). The average molecular weight is 236 g/mol. The van der Waals surface area contributed by atoms with Crippen LogP contribution >= 0.6 is 11.3 Å². The third kappa shape index (κ3) is 2.09. The summed E-state index contributed by atoms with van der Waals surface area (Å²) in [6.07, 6.45) is 1.90. The molecule has 0 radical (unpaired) electrons. The number of nitrogens with zero attached hydrogens (tertiary/aromatic N) is 3. The lowest BCUT2D eigenvalue weighted by molar-refractivity contribution is 0.738. The maximum atomic E-state index is 4.44. The van der Waals surface area contributed by atoms with E-state index in [9.17, 15) is 0 Å². The first-order valence-corrected chi connectivity index (χ1v) is 6.05. The van der Waals surface area contributed by atoms with E-state index < -0.39 is 0 Å². The maximum absolute atomic E-state index is 4.44. The molecule has 0 unspecified atom stereocenters. The van der Waals surface area contributed by atoms with Crippen LogP contribution in [0.3, 0.4) is 0 Å². The summed E-state index contributed by atoms with van der Waals surface area (Å²) in [7, 11) is 1.95. The van der Waals surface area contributed by atoms with Gasteiger partial charge < -0.3 is 5.32 Å². The second-order valence-electron chi connectivity index (χ2n) is 3.89. The van der Waals surface area contributed by atoms with E-state index in [0.717, 1.165) is 17.4 Å². The van der Waals surface area contributed by atoms with E-state index >= 15 is 0 Å². The molecular weight excluding hydrogens is 220 g/mol. The van der Waals surface area contributed by atoms with Gasteiger partial charge in [0, 0.05) is 29.7 Å². The Kier molecular flexibility index (Phi) is 2.96. The van der Waals surface area contributed by atoms with Crippen LogP contribution in [0.5, 0.6) is 0 Å². The summed E-state index contributed by atoms with van der Waals surface area (Å²) >= 11 is 1.70.